The maximum absolute atomic E-state index is 12.1. The predicted octanol–water partition coefficient (Wildman–Crippen LogP) is 0.405. The molecule has 0 radical (unpaired) electrons. The van der Waals surface area contributed by atoms with Crippen molar-refractivity contribution in [3.63, 3.8) is 0 Å². The molecule has 0 aromatic rings. The second-order valence-electron chi connectivity index (χ2n) is 3.99. The first-order valence-corrected chi connectivity index (χ1v) is 5.16. The number of aliphatic imine (C=N–C) groups is 1. The van der Waals surface area contributed by atoms with Gasteiger partial charge in [0.15, 0.2) is 5.96 Å². The van der Waals surface area contributed by atoms with Crippen molar-refractivity contribution in [2.24, 2.45) is 16.6 Å². The second kappa shape index (κ2) is 5.38. The van der Waals surface area contributed by atoms with E-state index < -0.39 is 12.7 Å². The van der Waals surface area contributed by atoms with Crippen LogP contribution in [0.4, 0.5) is 13.2 Å². The van der Waals surface area contributed by atoms with Gasteiger partial charge in [0.25, 0.3) is 0 Å². The molecule has 1 aliphatic heterocycles. The molecule has 0 spiro atoms. The van der Waals surface area contributed by atoms with Crippen molar-refractivity contribution in [1.82, 2.24) is 10.2 Å². The third kappa shape index (κ3) is 4.69. The molecular formula is C9H17F3N4. The molecule has 0 aromatic carbocycles. The Morgan fingerprint density at radius 1 is 1.56 bits per heavy atom. The van der Waals surface area contributed by atoms with Gasteiger partial charge in [-0.3, -0.25) is 9.89 Å². The average Bonchev–Trinajstić information content (AvgIpc) is 2.59. The molecule has 1 atom stereocenters. The largest absolute Gasteiger partial charge is 0.401 e. The van der Waals surface area contributed by atoms with Gasteiger partial charge in [0, 0.05) is 20.1 Å². The molecule has 3 N–H and O–H groups in total. The van der Waals surface area contributed by atoms with Crippen LogP contribution in [0.1, 0.15) is 6.42 Å². The fraction of sp³-hybridized carbons (Fsp3) is 0.889. The summed E-state index contributed by atoms with van der Waals surface area (Å²) in [7, 11) is 1.56. The minimum Gasteiger partial charge on any atom is -0.370 e. The Morgan fingerprint density at radius 3 is 2.81 bits per heavy atom. The van der Waals surface area contributed by atoms with Gasteiger partial charge >= 0.3 is 6.18 Å². The zero-order valence-electron chi connectivity index (χ0n) is 9.22. The molecule has 4 nitrogen and oxygen atoms in total. The molecule has 0 aromatic heterocycles. The van der Waals surface area contributed by atoms with Crippen molar-refractivity contribution >= 4 is 5.96 Å². The van der Waals surface area contributed by atoms with E-state index in [9.17, 15) is 13.2 Å². The summed E-state index contributed by atoms with van der Waals surface area (Å²) in [6.45, 7) is 0.719. The van der Waals surface area contributed by atoms with E-state index in [2.05, 4.69) is 10.3 Å². The third-order valence-electron chi connectivity index (χ3n) is 2.59. The van der Waals surface area contributed by atoms with E-state index in [0.29, 0.717) is 25.6 Å². The quantitative estimate of drug-likeness (QED) is 0.553. The highest BCUT2D eigenvalue weighted by atomic mass is 19.4. The summed E-state index contributed by atoms with van der Waals surface area (Å²) in [5.41, 5.74) is 5.43. The Hall–Kier alpha value is -0.980. The highest BCUT2D eigenvalue weighted by Crippen LogP contribution is 2.22. The van der Waals surface area contributed by atoms with Gasteiger partial charge in [-0.1, -0.05) is 0 Å². The summed E-state index contributed by atoms with van der Waals surface area (Å²) in [6.07, 6.45) is -3.34. The molecule has 94 valence electrons. The van der Waals surface area contributed by atoms with Gasteiger partial charge in [-0.2, -0.15) is 13.2 Å². The van der Waals surface area contributed by atoms with Crippen LogP contribution in [0.5, 0.6) is 0 Å². The van der Waals surface area contributed by atoms with Gasteiger partial charge < -0.3 is 11.1 Å². The summed E-state index contributed by atoms with van der Waals surface area (Å²) in [5.74, 6) is 0.539. The van der Waals surface area contributed by atoms with Crippen LogP contribution in [0, 0.1) is 5.92 Å². The Kier molecular flexibility index (Phi) is 4.40. The zero-order chi connectivity index (χ0) is 12.2. The van der Waals surface area contributed by atoms with Crippen molar-refractivity contribution in [3.05, 3.63) is 0 Å². The molecular weight excluding hydrogens is 221 g/mol. The molecule has 1 unspecified atom stereocenters. The highest BCUT2D eigenvalue weighted by molar-refractivity contribution is 5.77. The van der Waals surface area contributed by atoms with Gasteiger partial charge in [-0.25, -0.2) is 0 Å². The lowest BCUT2D eigenvalue weighted by molar-refractivity contribution is -0.143. The number of nitrogens with one attached hydrogen (secondary N) is 1. The molecule has 0 aliphatic carbocycles. The van der Waals surface area contributed by atoms with E-state index in [1.165, 1.54) is 4.90 Å². The standard InChI is InChI=1S/C9H17F3N4/c1-14-8(13)15-4-7-2-3-16(5-7)6-9(10,11)12/h7H,2-6H2,1H3,(H3,13,14,15). The molecule has 7 heteroatoms. The number of nitrogens with two attached hydrogens (primary N) is 1. The first kappa shape index (κ1) is 13.1. The van der Waals surface area contributed by atoms with Crippen LogP contribution in [-0.2, 0) is 0 Å². The molecule has 0 amide bonds. The monoisotopic (exact) mass is 238 g/mol. The maximum atomic E-state index is 12.1. The fourth-order valence-corrected chi connectivity index (χ4v) is 1.80. The number of nitrogens with zero attached hydrogens (tertiary/aromatic N) is 2. The molecule has 1 saturated heterocycles. The first-order chi connectivity index (χ1) is 7.40. The van der Waals surface area contributed by atoms with Crippen LogP contribution in [0.25, 0.3) is 0 Å². The predicted molar refractivity (Wildman–Crippen MR) is 56.2 cm³/mol. The Morgan fingerprint density at radius 2 is 2.25 bits per heavy atom. The SMILES string of the molecule is CN=C(N)NCC1CCN(CC(F)(F)F)C1. The van der Waals surface area contributed by atoms with E-state index in [1.807, 2.05) is 0 Å². The fourth-order valence-electron chi connectivity index (χ4n) is 1.80. The van der Waals surface area contributed by atoms with Crippen LogP contribution in [0.2, 0.25) is 0 Å². The van der Waals surface area contributed by atoms with Crippen LogP contribution in [-0.4, -0.2) is 50.3 Å². The summed E-state index contributed by atoms with van der Waals surface area (Å²) in [5, 5.41) is 2.88. The lowest BCUT2D eigenvalue weighted by Crippen LogP contribution is -2.37. The van der Waals surface area contributed by atoms with E-state index in [-0.39, 0.29) is 5.92 Å². The van der Waals surface area contributed by atoms with Gasteiger partial charge in [-0.15, -0.1) is 0 Å². The van der Waals surface area contributed by atoms with Crippen LogP contribution in [0.3, 0.4) is 0 Å². The van der Waals surface area contributed by atoms with Gasteiger partial charge in [0.1, 0.15) is 0 Å². The van der Waals surface area contributed by atoms with E-state index in [4.69, 9.17) is 5.73 Å². The van der Waals surface area contributed by atoms with Gasteiger partial charge in [0.05, 0.1) is 6.54 Å². The number of rotatable bonds is 3. The van der Waals surface area contributed by atoms with Gasteiger partial charge in [-0.05, 0) is 18.9 Å². The molecule has 1 fully saturated rings. The maximum Gasteiger partial charge on any atom is 0.401 e. The Balaban J connectivity index is 2.25. The molecule has 1 aliphatic rings. The number of halogens is 3. The summed E-state index contributed by atoms with van der Waals surface area (Å²) >= 11 is 0. The van der Waals surface area contributed by atoms with Crippen molar-refractivity contribution in [3.8, 4) is 0 Å². The average molecular weight is 238 g/mol. The zero-order valence-corrected chi connectivity index (χ0v) is 9.22. The minimum atomic E-state index is -4.10. The Bertz CT molecular complexity index is 252. The smallest absolute Gasteiger partial charge is 0.370 e. The lowest BCUT2D eigenvalue weighted by atomic mass is 10.1. The topological polar surface area (TPSA) is 53.6 Å². The number of likely N-dealkylation sites (tertiary alicyclic amines) is 1. The Labute approximate surface area is 92.7 Å². The summed E-state index contributed by atoms with van der Waals surface area (Å²) in [4.78, 5) is 5.14. The molecule has 1 rings (SSSR count). The summed E-state index contributed by atoms with van der Waals surface area (Å²) < 4.78 is 36.3. The minimum absolute atomic E-state index is 0.211. The number of hydrogen-bond donors (Lipinski definition) is 2. The molecule has 0 bridgehead atoms. The van der Waals surface area contributed by atoms with E-state index in [0.717, 1.165) is 6.42 Å². The first-order valence-electron chi connectivity index (χ1n) is 5.16. The van der Waals surface area contributed by atoms with Crippen molar-refractivity contribution < 1.29 is 13.2 Å². The lowest BCUT2D eigenvalue weighted by Gasteiger charge is -2.18. The van der Waals surface area contributed by atoms with Crippen molar-refractivity contribution in [1.29, 1.82) is 0 Å². The number of alkyl halides is 3. The van der Waals surface area contributed by atoms with Crippen LogP contribution < -0.4 is 11.1 Å². The highest BCUT2D eigenvalue weighted by Gasteiger charge is 2.34. The second-order valence-corrected chi connectivity index (χ2v) is 3.99. The van der Waals surface area contributed by atoms with E-state index in [1.54, 1.807) is 7.05 Å². The van der Waals surface area contributed by atoms with Gasteiger partial charge in [0.2, 0.25) is 0 Å². The number of hydrogen-bond acceptors (Lipinski definition) is 2. The third-order valence-corrected chi connectivity index (χ3v) is 2.59. The normalized spacial score (nSPS) is 23.8. The number of guanidine groups is 1. The summed E-state index contributed by atoms with van der Waals surface area (Å²) in [6, 6.07) is 0. The van der Waals surface area contributed by atoms with E-state index >= 15 is 0 Å². The van der Waals surface area contributed by atoms with Crippen molar-refractivity contribution in [2.45, 2.75) is 12.6 Å². The molecule has 0 saturated carbocycles. The van der Waals surface area contributed by atoms with Crippen LogP contribution >= 0.6 is 0 Å². The van der Waals surface area contributed by atoms with Crippen LogP contribution in [0.15, 0.2) is 4.99 Å². The molecule has 1 heterocycles. The molecule has 16 heavy (non-hydrogen) atoms. The van der Waals surface area contributed by atoms with Crippen molar-refractivity contribution in [2.75, 3.05) is 33.2 Å².